The van der Waals surface area contributed by atoms with Crippen molar-refractivity contribution in [2.75, 3.05) is 12.4 Å². The molecule has 0 bridgehead atoms. The smallest absolute Gasteiger partial charge is 0.261 e. The lowest BCUT2D eigenvalue weighted by Gasteiger charge is -2.07. The van der Waals surface area contributed by atoms with Crippen molar-refractivity contribution in [2.24, 2.45) is 0 Å². The number of rotatable bonds is 2. The standard InChI is InChI=1S/C14H10ClN3O2/c1-18-13(19)10-3-2-8(6-11(10)14(18)20)17-9-4-5-16-12(15)7-9/h2-7H,1H3,(H,16,17). The number of amides is 2. The van der Waals surface area contributed by atoms with Gasteiger partial charge < -0.3 is 5.32 Å². The lowest BCUT2D eigenvalue weighted by molar-refractivity contribution is 0.0693. The van der Waals surface area contributed by atoms with Crippen LogP contribution in [-0.4, -0.2) is 28.7 Å². The Labute approximate surface area is 120 Å². The number of nitrogens with one attached hydrogen (secondary N) is 1. The van der Waals surface area contributed by atoms with Crippen LogP contribution in [0.25, 0.3) is 0 Å². The van der Waals surface area contributed by atoms with Crippen molar-refractivity contribution in [3.8, 4) is 0 Å². The van der Waals surface area contributed by atoms with E-state index in [4.69, 9.17) is 11.6 Å². The third kappa shape index (κ3) is 2.02. The summed E-state index contributed by atoms with van der Waals surface area (Å²) in [6.07, 6.45) is 1.58. The molecule has 2 heterocycles. The van der Waals surface area contributed by atoms with Crippen molar-refractivity contribution < 1.29 is 9.59 Å². The number of imide groups is 1. The zero-order chi connectivity index (χ0) is 14.3. The highest BCUT2D eigenvalue weighted by atomic mass is 35.5. The number of anilines is 2. The molecule has 2 amide bonds. The third-order valence-electron chi connectivity index (χ3n) is 3.10. The Kier molecular flexibility index (Phi) is 2.91. The molecule has 1 aliphatic heterocycles. The van der Waals surface area contributed by atoms with Crippen LogP contribution >= 0.6 is 11.6 Å². The van der Waals surface area contributed by atoms with Crippen molar-refractivity contribution >= 4 is 34.8 Å². The molecule has 0 atom stereocenters. The Bertz CT molecular complexity index is 730. The number of pyridine rings is 1. The molecule has 1 N–H and O–H groups in total. The zero-order valence-electron chi connectivity index (χ0n) is 10.6. The molecule has 1 aromatic carbocycles. The molecule has 0 saturated carbocycles. The van der Waals surface area contributed by atoms with E-state index in [2.05, 4.69) is 10.3 Å². The summed E-state index contributed by atoms with van der Waals surface area (Å²) in [6.45, 7) is 0. The second-order valence-electron chi connectivity index (χ2n) is 4.42. The highest BCUT2D eigenvalue weighted by molar-refractivity contribution is 6.29. The number of carbonyl (C=O) groups excluding carboxylic acids is 2. The lowest BCUT2D eigenvalue weighted by Crippen LogP contribution is -2.24. The highest BCUT2D eigenvalue weighted by Crippen LogP contribution is 2.26. The van der Waals surface area contributed by atoms with Crippen molar-refractivity contribution in [1.29, 1.82) is 0 Å². The molecular weight excluding hydrogens is 278 g/mol. The maximum Gasteiger partial charge on any atom is 0.261 e. The van der Waals surface area contributed by atoms with Crippen molar-refractivity contribution in [1.82, 2.24) is 9.88 Å². The van der Waals surface area contributed by atoms with Gasteiger partial charge in [-0.05, 0) is 30.3 Å². The molecule has 0 unspecified atom stereocenters. The molecule has 0 saturated heterocycles. The van der Waals surface area contributed by atoms with Crippen LogP contribution in [0, 0.1) is 0 Å². The summed E-state index contributed by atoms with van der Waals surface area (Å²) in [5, 5.41) is 3.50. The Morgan fingerprint density at radius 1 is 1.05 bits per heavy atom. The summed E-state index contributed by atoms with van der Waals surface area (Å²) in [5.41, 5.74) is 2.30. The van der Waals surface area contributed by atoms with E-state index in [1.54, 1.807) is 36.5 Å². The Morgan fingerprint density at radius 3 is 2.50 bits per heavy atom. The minimum atomic E-state index is -0.290. The van der Waals surface area contributed by atoms with E-state index < -0.39 is 0 Å². The number of halogens is 1. The van der Waals surface area contributed by atoms with E-state index in [1.807, 2.05) is 0 Å². The zero-order valence-corrected chi connectivity index (χ0v) is 11.3. The van der Waals surface area contributed by atoms with E-state index in [0.29, 0.717) is 22.0 Å². The molecular formula is C14H10ClN3O2. The van der Waals surface area contributed by atoms with Gasteiger partial charge in [-0.15, -0.1) is 0 Å². The highest BCUT2D eigenvalue weighted by Gasteiger charge is 2.32. The number of aromatic nitrogens is 1. The number of benzene rings is 1. The van der Waals surface area contributed by atoms with E-state index in [-0.39, 0.29) is 11.8 Å². The van der Waals surface area contributed by atoms with Gasteiger partial charge in [0, 0.05) is 24.6 Å². The van der Waals surface area contributed by atoms with Gasteiger partial charge in [-0.3, -0.25) is 14.5 Å². The fourth-order valence-corrected chi connectivity index (χ4v) is 2.26. The SMILES string of the molecule is CN1C(=O)c2ccc(Nc3ccnc(Cl)c3)cc2C1=O. The fourth-order valence-electron chi connectivity index (χ4n) is 2.09. The van der Waals surface area contributed by atoms with Crippen LogP contribution in [0.3, 0.4) is 0 Å². The van der Waals surface area contributed by atoms with Gasteiger partial charge in [0.05, 0.1) is 11.1 Å². The molecule has 1 aliphatic rings. The average molecular weight is 288 g/mol. The topological polar surface area (TPSA) is 62.3 Å². The van der Waals surface area contributed by atoms with Gasteiger partial charge in [-0.25, -0.2) is 4.98 Å². The van der Waals surface area contributed by atoms with Crippen LogP contribution in [-0.2, 0) is 0 Å². The van der Waals surface area contributed by atoms with Crippen LogP contribution in [0.15, 0.2) is 36.5 Å². The summed E-state index contributed by atoms with van der Waals surface area (Å²) in [4.78, 5) is 28.7. The Morgan fingerprint density at radius 2 is 1.75 bits per heavy atom. The normalized spacial score (nSPS) is 13.6. The molecule has 0 spiro atoms. The number of nitrogens with zero attached hydrogens (tertiary/aromatic N) is 2. The van der Waals surface area contributed by atoms with E-state index >= 15 is 0 Å². The summed E-state index contributed by atoms with van der Waals surface area (Å²) in [7, 11) is 1.47. The minimum absolute atomic E-state index is 0.275. The molecule has 3 rings (SSSR count). The van der Waals surface area contributed by atoms with Crippen molar-refractivity contribution in [3.05, 3.63) is 52.8 Å². The Hall–Kier alpha value is -2.40. The first kappa shape index (κ1) is 12.6. The van der Waals surface area contributed by atoms with Gasteiger partial charge in [0.1, 0.15) is 5.15 Å². The molecule has 0 radical (unpaired) electrons. The summed E-state index contributed by atoms with van der Waals surface area (Å²) < 4.78 is 0. The third-order valence-corrected chi connectivity index (χ3v) is 3.31. The predicted octanol–water partition coefficient (Wildman–Crippen LogP) is 2.70. The monoisotopic (exact) mass is 287 g/mol. The maximum absolute atomic E-state index is 11.9. The van der Waals surface area contributed by atoms with Gasteiger partial charge in [-0.2, -0.15) is 0 Å². The number of fused-ring (bicyclic) bond motifs is 1. The van der Waals surface area contributed by atoms with Gasteiger partial charge in [0.15, 0.2) is 0 Å². The molecule has 1 aromatic heterocycles. The van der Waals surface area contributed by atoms with E-state index in [9.17, 15) is 9.59 Å². The Balaban J connectivity index is 1.95. The molecule has 5 nitrogen and oxygen atoms in total. The first-order valence-electron chi connectivity index (χ1n) is 5.91. The van der Waals surface area contributed by atoms with Crippen LogP contribution in [0.1, 0.15) is 20.7 Å². The predicted molar refractivity (Wildman–Crippen MR) is 75.4 cm³/mol. The van der Waals surface area contributed by atoms with Crippen molar-refractivity contribution in [2.45, 2.75) is 0 Å². The molecule has 6 heteroatoms. The summed E-state index contributed by atoms with van der Waals surface area (Å²) in [6, 6.07) is 8.49. The average Bonchev–Trinajstić information content (AvgIpc) is 2.64. The van der Waals surface area contributed by atoms with Crippen LogP contribution in [0.5, 0.6) is 0 Å². The van der Waals surface area contributed by atoms with E-state index in [0.717, 1.165) is 10.6 Å². The van der Waals surface area contributed by atoms with Crippen LogP contribution in [0.2, 0.25) is 5.15 Å². The molecule has 20 heavy (non-hydrogen) atoms. The fraction of sp³-hybridized carbons (Fsp3) is 0.0714. The van der Waals surface area contributed by atoms with Gasteiger partial charge >= 0.3 is 0 Å². The van der Waals surface area contributed by atoms with E-state index in [1.165, 1.54) is 7.05 Å². The number of hydrogen-bond acceptors (Lipinski definition) is 4. The summed E-state index contributed by atoms with van der Waals surface area (Å²) in [5.74, 6) is -0.565. The maximum atomic E-state index is 11.9. The molecule has 0 fully saturated rings. The number of carbonyl (C=O) groups is 2. The first-order valence-corrected chi connectivity index (χ1v) is 6.29. The first-order chi connectivity index (χ1) is 9.56. The quantitative estimate of drug-likeness (QED) is 0.681. The van der Waals surface area contributed by atoms with Gasteiger partial charge in [-0.1, -0.05) is 11.6 Å². The van der Waals surface area contributed by atoms with Crippen molar-refractivity contribution in [3.63, 3.8) is 0 Å². The van der Waals surface area contributed by atoms with Gasteiger partial charge in [0.25, 0.3) is 11.8 Å². The van der Waals surface area contributed by atoms with Gasteiger partial charge in [0.2, 0.25) is 0 Å². The second-order valence-corrected chi connectivity index (χ2v) is 4.81. The lowest BCUT2D eigenvalue weighted by atomic mass is 10.1. The molecule has 100 valence electrons. The molecule has 0 aliphatic carbocycles. The minimum Gasteiger partial charge on any atom is -0.355 e. The second kappa shape index (κ2) is 4.61. The largest absolute Gasteiger partial charge is 0.355 e. The van der Waals surface area contributed by atoms with Crippen LogP contribution < -0.4 is 5.32 Å². The summed E-state index contributed by atoms with van der Waals surface area (Å²) >= 11 is 5.81. The number of hydrogen-bond donors (Lipinski definition) is 1. The van der Waals surface area contributed by atoms with Crippen LogP contribution in [0.4, 0.5) is 11.4 Å². The molecule has 2 aromatic rings.